The second-order valence-electron chi connectivity index (χ2n) is 4.45. The Hall–Kier alpha value is -2.41. The zero-order valence-corrected chi connectivity index (χ0v) is 12.7. The number of hydrogen-bond acceptors (Lipinski definition) is 4. The summed E-state index contributed by atoms with van der Waals surface area (Å²) in [5, 5.41) is 13.4. The van der Waals surface area contributed by atoms with Crippen LogP contribution in [0.25, 0.3) is 0 Å². The summed E-state index contributed by atoms with van der Waals surface area (Å²) in [5.41, 5.74) is 8.01. The molecule has 2 rings (SSSR count). The fourth-order valence-electron chi connectivity index (χ4n) is 1.75. The highest BCUT2D eigenvalue weighted by Crippen LogP contribution is 2.28. The molecule has 0 bridgehead atoms. The van der Waals surface area contributed by atoms with E-state index in [1.165, 1.54) is 18.2 Å². The number of halogens is 1. The summed E-state index contributed by atoms with van der Waals surface area (Å²) < 4.78 is 0.304. The van der Waals surface area contributed by atoms with Gasteiger partial charge in [-0.25, -0.2) is 0 Å². The second kappa shape index (κ2) is 5.92. The predicted octanol–water partition coefficient (Wildman–Crippen LogP) is 3.50. The zero-order chi connectivity index (χ0) is 15.6. The number of carbonyl (C=O) groups is 1. The van der Waals surface area contributed by atoms with Crippen molar-refractivity contribution in [3.63, 3.8) is 0 Å². The molecule has 0 heterocycles. The first kappa shape index (κ1) is 15.0. The van der Waals surface area contributed by atoms with Crippen molar-refractivity contribution in [3.8, 4) is 0 Å². The maximum Gasteiger partial charge on any atom is 0.283 e. The molecule has 7 heteroatoms. The lowest BCUT2D eigenvalue weighted by Crippen LogP contribution is -2.12. The van der Waals surface area contributed by atoms with E-state index in [1.807, 2.05) is 6.92 Å². The van der Waals surface area contributed by atoms with Crippen LogP contribution in [0.2, 0.25) is 0 Å². The van der Waals surface area contributed by atoms with Crippen LogP contribution in [-0.2, 0) is 0 Å². The lowest BCUT2D eigenvalue weighted by molar-refractivity contribution is -0.385. The first-order chi connectivity index (χ1) is 9.88. The molecule has 0 spiro atoms. The molecule has 0 aliphatic rings. The number of nitrogen functional groups attached to an aromatic ring is 1. The fourth-order valence-corrected chi connectivity index (χ4v) is 2.28. The molecule has 0 saturated carbocycles. The van der Waals surface area contributed by atoms with Gasteiger partial charge in [-0.1, -0.05) is 0 Å². The number of hydrogen-bond donors (Lipinski definition) is 2. The van der Waals surface area contributed by atoms with Crippen LogP contribution >= 0.6 is 15.9 Å². The van der Waals surface area contributed by atoms with Gasteiger partial charge in [0.15, 0.2) is 0 Å². The van der Waals surface area contributed by atoms with E-state index in [4.69, 9.17) is 5.73 Å². The summed E-state index contributed by atoms with van der Waals surface area (Å²) in [6.45, 7) is 1.81. The van der Waals surface area contributed by atoms with E-state index in [0.29, 0.717) is 21.4 Å². The largest absolute Gasteiger partial charge is 0.399 e. The average molecular weight is 350 g/mol. The van der Waals surface area contributed by atoms with Gasteiger partial charge in [-0.05, 0) is 58.7 Å². The number of nitrogens with one attached hydrogen (secondary N) is 1. The lowest BCUT2D eigenvalue weighted by atomic mass is 10.1. The van der Waals surface area contributed by atoms with E-state index in [0.717, 1.165) is 5.56 Å². The Morgan fingerprint density at radius 3 is 2.57 bits per heavy atom. The molecule has 0 aliphatic heterocycles. The Morgan fingerprint density at radius 1 is 1.29 bits per heavy atom. The molecule has 0 fully saturated rings. The van der Waals surface area contributed by atoms with E-state index >= 15 is 0 Å². The van der Waals surface area contributed by atoms with Crippen LogP contribution in [0.3, 0.4) is 0 Å². The first-order valence-corrected chi connectivity index (χ1v) is 6.79. The van der Waals surface area contributed by atoms with Gasteiger partial charge in [0.25, 0.3) is 11.6 Å². The van der Waals surface area contributed by atoms with Gasteiger partial charge in [-0.15, -0.1) is 0 Å². The van der Waals surface area contributed by atoms with Gasteiger partial charge in [0.2, 0.25) is 0 Å². The summed E-state index contributed by atoms with van der Waals surface area (Å²) in [5.74, 6) is -0.307. The third-order valence-corrected chi connectivity index (χ3v) is 3.57. The maximum atomic E-state index is 12.1. The number of aryl methyl sites for hydroxylation is 1. The number of rotatable bonds is 3. The van der Waals surface area contributed by atoms with Crippen molar-refractivity contribution in [2.75, 3.05) is 11.1 Å². The third kappa shape index (κ3) is 3.38. The minimum Gasteiger partial charge on any atom is -0.399 e. The molecule has 3 N–H and O–H groups in total. The molecule has 0 aliphatic carbocycles. The number of amides is 1. The number of anilines is 2. The Bertz CT molecular complexity index is 731. The van der Waals surface area contributed by atoms with Gasteiger partial charge in [0.1, 0.15) is 0 Å². The number of benzene rings is 2. The van der Waals surface area contributed by atoms with Crippen molar-refractivity contribution >= 4 is 38.9 Å². The maximum absolute atomic E-state index is 12.1. The molecule has 0 saturated heterocycles. The number of nitrogens with zero attached hydrogens (tertiary/aromatic N) is 1. The van der Waals surface area contributed by atoms with E-state index in [-0.39, 0.29) is 11.6 Å². The van der Waals surface area contributed by atoms with Crippen LogP contribution in [0, 0.1) is 17.0 Å². The monoisotopic (exact) mass is 349 g/mol. The molecule has 108 valence electrons. The van der Waals surface area contributed by atoms with Crippen LogP contribution in [0.4, 0.5) is 17.1 Å². The van der Waals surface area contributed by atoms with Crippen molar-refractivity contribution in [1.29, 1.82) is 0 Å². The van der Waals surface area contributed by atoms with Gasteiger partial charge in [0.05, 0.1) is 9.40 Å². The lowest BCUT2D eigenvalue weighted by Gasteiger charge is -2.07. The Morgan fingerprint density at radius 2 is 2.00 bits per heavy atom. The number of carbonyl (C=O) groups excluding carboxylic acids is 1. The third-order valence-electron chi connectivity index (χ3n) is 2.93. The molecule has 21 heavy (non-hydrogen) atoms. The van der Waals surface area contributed by atoms with Gasteiger partial charge in [0, 0.05) is 23.0 Å². The van der Waals surface area contributed by atoms with Crippen molar-refractivity contribution in [2.45, 2.75) is 6.92 Å². The fraction of sp³-hybridized carbons (Fsp3) is 0.0714. The van der Waals surface area contributed by atoms with E-state index in [1.54, 1.807) is 18.2 Å². The Labute approximate surface area is 129 Å². The number of nitro groups is 1. The highest BCUT2D eigenvalue weighted by atomic mass is 79.9. The highest BCUT2D eigenvalue weighted by molar-refractivity contribution is 9.10. The molecule has 2 aromatic carbocycles. The Balaban J connectivity index is 2.21. The van der Waals surface area contributed by atoms with Gasteiger partial charge >= 0.3 is 0 Å². The summed E-state index contributed by atoms with van der Waals surface area (Å²) >= 11 is 3.11. The van der Waals surface area contributed by atoms with Crippen LogP contribution in [-0.4, -0.2) is 10.8 Å². The zero-order valence-electron chi connectivity index (χ0n) is 11.1. The second-order valence-corrected chi connectivity index (χ2v) is 5.30. The van der Waals surface area contributed by atoms with Crippen LogP contribution in [0.1, 0.15) is 15.9 Å². The van der Waals surface area contributed by atoms with Crippen LogP contribution in [0.5, 0.6) is 0 Å². The predicted molar refractivity (Wildman–Crippen MR) is 84.3 cm³/mol. The molecule has 0 unspecified atom stereocenters. The molecule has 0 radical (unpaired) electrons. The standard InChI is InChI=1S/C14H12BrN3O3/c1-8-6-9(2-4-12(8)16)14(19)17-10-3-5-13(18(20)21)11(15)7-10/h2-7H,16H2,1H3,(H,17,19). The summed E-state index contributed by atoms with van der Waals surface area (Å²) in [6, 6.07) is 9.26. The van der Waals surface area contributed by atoms with Crippen molar-refractivity contribution < 1.29 is 9.72 Å². The van der Waals surface area contributed by atoms with E-state index < -0.39 is 4.92 Å². The van der Waals surface area contributed by atoms with Gasteiger partial charge < -0.3 is 11.1 Å². The Kier molecular flexibility index (Phi) is 4.23. The smallest absolute Gasteiger partial charge is 0.283 e. The quantitative estimate of drug-likeness (QED) is 0.503. The van der Waals surface area contributed by atoms with Crippen molar-refractivity contribution in [1.82, 2.24) is 0 Å². The van der Waals surface area contributed by atoms with E-state index in [9.17, 15) is 14.9 Å². The molecule has 2 aromatic rings. The molecule has 0 aromatic heterocycles. The summed E-state index contributed by atoms with van der Waals surface area (Å²) in [7, 11) is 0. The van der Waals surface area contributed by atoms with Gasteiger partial charge in [-0.3, -0.25) is 14.9 Å². The van der Waals surface area contributed by atoms with Crippen molar-refractivity contribution in [3.05, 3.63) is 62.1 Å². The number of nitro benzene ring substituents is 1. The topological polar surface area (TPSA) is 98.3 Å². The van der Waals surface area contributed by atoms with Crippen LogP contribution < -0.4 is 11.1 Å². The van der Waals surface area contributed by atoms with E-state index in [2.05, 4.69) is 21.2 Å². The minimum atomic E-state index is -0.501. The van der Waals surface area contributed by atoms with Crippen LogP contribution in [0.15, 0.2) is 40.9 Å². The van der Waals surface area contributed by atoms with Gasteiger partial charge in [-0.2, -0.15) is 0 Å². The first-order valence-electron chi connectivity index (χ1n) is 6.00. The highest BCUT2D eigenvalue weighted by Gasteiger charge is 2.13. The minimum absolute atomic E-state index is 0.0590. The van der Waals surface area contributed by atoms with Crippen molar-refractivity contribution in [2.24, 2.45) is 0 Å². The number of nitrogens with two attached hydrogens (primary N) is 1. The molecule has 1 amide bonds. The molecular formula is C14H12BrN3O3. The average Bonchev–Trinajstić information content (AvgIpc) is 2.41. The normalized spacial score (nSPS) is 10.2. The molecular weight excluding hydrogens is 338 g/mol. The SMILES string of the molecule is Cc1cc(C(=O)Nc2ccc([N+](=O)[O-])c(Br)c2)ccc1N. The molecule has 6 nitrogen and oxygen atoms in total. The molecule has 0 atom stereocenters. The summed E-state index contributed by atoms with van der Waals surface area (Å²) in [4.78, 5) is 22.3. The summed E-state index contributed by atoms with van der Waals surface area (Å²) in [6.07, 6.45) is 0.